The molecule has 6 nitrogen and oxygen atoms in total. The average molecular weight is 252 g/mol. The second kappa shape index (κ2) is 4.97. The molecule has 1 aliphatic rings. The smallest absolute Gasteiger partial charge is 0.276 e. The van der Waals surface area contributed by atoms with Gasteiger partial charge in [0.2, 0.25) is 0 Å². The third-order valence-electron chi connectivity index (χ3n) is 3.46. The average Bonchev–Trinajstić information content (AvgIpc) is 2.93. The number of H-pyrrole nitrogens is 1. The van der Waals surface area contributed by atoms with Crippen molar-refractivity contribution in [3.05, 3.63) is 11.4 Å². The van der Waals surface area contributed by atoms with Crippen LogP contribution in [0.15, 0.2) is 0 Å². The number of aliphatic hydroxyl groups is 1. The molecule has 18 heavy (non-hydrogen) atoms. The summed E-state index contributed by atoms with van der Waals surface area (Å²) in [6.45, 7) is 4.63. The normalized spacial score (nSPS) is 19.8. The molecule has 2 heterocycles. The zero-order valence-electron chi connectivity index (χ0n) is 10.8. The van der Waals surface area contributed by atoms with E-state index in [1.807, 2.05) is 13.8 Å². The first kappa shape index (κ1) is 12.9. The van der Waals surface area contributed by atoms with Gasteiger partial charge in [0.25, 0.3) is 5.91 Å². The summed E-state index contributed by atoms with van der Waals surface area (Å²) in [6, 6.07) is -0.101. The summed E-state index contributed by atoms with van der Waals surface area (Å²) in [5.41, 5.74) is 7.45. The quantitative estimate of drug-likeness (QED) is 0.738. The molecule has 2 rings (SSSR count). The van der Waals surface area contributed by atoms with E-state index in [0.29, 0.717) is 12.2 Å². The van der Waals surface area contributed by atoms with Gasteiger partial charge < -0.3 is 15.7 Å². The zero-order chi connectivity index (χ0) is 13.3. The van der Waals surface area contributed by atoms with Crippen molar-refractivity contribution in [2.45, 2.75) is 38.6 Å². The maximum absolute atomic E-state index is 12.3. The van der Waals surface area contributed by atoms with Crippen molar-refractivity contribution in [1.29, 1.82) is 0 Å². The number of rotatable bonds is 3. The predicted octanol–water partition coefficient (Wildman–Crippen LogP) is 0.712. The summed E-state index contributed by atoms with van der Waals surface area (Å²) in [5, 5.41) is 16.1. The van der Waals surface area contributed by atoms with Gasteiger partial charge in [-0.25, -0.2) is 0 Å². The monoisotopic (exact) mass is 252 g/mol. The fourth-order valence-corrected chi connectivity index (χ4v) is 2.40. The van der Waals surface area contributed by atoms with E-state index in [9.17, 15) is 9.90 Å². The molecule has 1 saturated heterocycles. The fourth-order valence-electron chi connectivity index (χ4n) is 2.40. The first-order valence-corrected chi connectivity index (χ1v) is 6.31. The molecule has 0 saturated carbocycles. The minimum absolute atomic E-state index is 0.00684. The number of nitrogens with one attached hydrogen (secondary N) is 1. The number of hydrogen-bond acceptors (Lipinski definition) is 4. The Morgan fingerprint density at radius 2 is 2.39 bits per heavy atom. The van der Waals surface area contributed by atoms with E-state index in [1.54, 1.807) is 4.90 Å². The molecule has 1 aliphatic heterocycles. The highest BCUT2D eigenvalue weighted by Crippen LogP contribution is 2.25. The van der Waals surface area contributed by atoms with Gasteiger partial charge in [0.05, 0.1) is 24.0 Å². The Kier molecular flexibility index (Phi) is 3.56. The van der Waals surface area contributed by atoms with Gasteiger partial charge >= 0.3 is 0 Å². The SMILES string of the molecule is CC(C)c1[nH]nc(C(=O)N2CCC[C@@H]2CO)c1N. The first-order valence-electron chi connectivity index (χ1n) is 6.31. The first-order chi connectivity index (χ1) is 8.56. The Bertz CT molecular complexity index is 441. The van der Waals surface area contributed by atoms with Crippen LogP contribution in [0.1, 0.15) is 48.8 Å². The van der Waals surface area contributed by atoms with Crippen LogP contribution in [0.25, 0.3) is 0 Å². The maximum Gasteiger partial charge on any atom is 0.276 e. The van der Waals surface area contributed by atoms with E-state index < -0.39 is 0 Å². The Balaban J connectivity index is 2.24. The molecule has 100 valence electrons. The Labute approximate surface area is 106 Å². The number of aromatic amines is 1. The summed E-state index contributed by atoms with van der Waals surface area (Å²) in [7, 11) is 0. The molecule has 1 amide bonds. The van der Waals surface area contributed by atoms with Crippen LogP contribution in [0.3, 0.4) is 0 Å². The van der Waals surface area contributed by atoms with E-state index in [2.05, 4.69) is 10.2 Å². The predicted molar refractivity (Wildman–Crippen MR) is 68.2 cm³/mol. The van der Waals surface area contributed by atoms with Gasteiger partial charge in [-0.05, 0) is 18.8 Å². The molecule has 1 aromatic heterocycles. The van der Waals surface area contributed by atoms with E-state index in [0.717, 1.165) is 18.5 Å². The van der Waals surface area contributed by atoms with Gasteiger partial charge in [-0.2, -0.15) is 5.10 Å². The highest BCUT2D eigenvalue weighted by Gasteiger charge is 2.31. The van der Waals surface area contributed by atoms with Crippen LogP contribution in [-0.2, 0) is 0 Å². The van der Waals surface area contributed by atoms with E-state index >= 15 is 0 Å². The zero-order valence-corrected chi connectivity index (χ0v) is 10.8. The number of aliphatic hydroxyl groups excluding tert-OH is 1. The fraction of sp³-hybridized carbons (Fsp3) is 0.667. The lowest BCUT2D eigenvalue weighted by molar-refractivity contribution is 0.0673. The molecular weight excluding hydrogens is 232 g/mol. The second-order valence-corrected chi connectivity index (χ2v) is 5.03. The highest BCUT2D eigenvalue weighted by molar-refractivity contribution is 5.98. The molecule has 0 unspecified atom stereocenters. The number of nitrogens with two attached hydrogens (primary N) is 1. The van der Waals surface area contributed by atoms with Crippen LogP contribution in [0.4, 0.5) is 5.69 Å². The molecule has 1 aromatic rings. The molecule has 0 aliphatic carbocycles. The van der Waals surface area contributed by atoms with Gasteiger partial charge in [-0.1, -0.05) is 13.8 Å². The number of carbonyl (C=O) groups is 1. The summed E-state index contributed by atoms with van der Waals surface area (Å²) in [5.74, 6) is 0.0125. The van der Waals surface area contributed by atoms with Crippen molar-refractivity contribution in [2.75, 3.05) is 18.9 Å². The van der Waals surface area contributed by atoms with Crippen molar-refractivity contribution >= 4 is 11.6 Å². The van der Waals surface area contributed by atoms with Crippen molar-refractivity contribution in [3.8, 4) is 0 Å². The van der Waals surface area contributed by atoms with E-state index in [4.69, 9.17) is 5.73 Å². The number of nitrogen functional groups attached to an aromatic ring is 1. The number of anilines is 1. The van der Waals surface area contributed by atoms with Crippen LogP contribution >= 0.6 is 0 Å². The van der Waals surface area contributed by atoms with Crippen molar-refractivity contribution in [1.82, 2.24) is 15.1 Å². The molecule has 4 N–H and O–H groups in total. The maximum atomic E-state index is 12.3. The minimum Gasteiger partial charge on any atom is -0.395 e. The van der Waals surface area contributed by atoms with Crippen LogP contribution in [-0.4, -0.2) is 45.3 Å². The summed E-state index contributed by atoms with van der Waals surface area (Å²) in [6.07, 6.45) is 1.75. The molecular formula is C12H20N4O2. The number of nitrogens with zero attached hydrogens (tertiary/aromatic N) is 2. The molecule has 1 fully saturated rings. The Hall–Kier alpha value is -1.56. The van der Waals surface area contributed by atoms with E-state index in [1.165, 1.54) is 0 Å². The topological polar surface area (TPSA) is 95.2 Å². The third kappa shape index (κ3) is 2.08. The standard InChI is InChI=1S/C12H20N4O2/c1-7(2)10-9(13)11(15-14-10)12(18)16-5-3-4-8(16)6-17/h7-8,17H,3-6,13H2,1-2H3,(H,14,15)/t8-/m1/s1. The largest absolute Gasteiger partial charge is 0.395 e. The Morgan fingerprint density at radius 1 is 1.67 bits per heavy atom. The van der Waals surface area contributed by atoms with Gasteiger partial charge in [-0.15, -0.1) is 0 Å². The van der Waals surface area contributed by atoms with Gasteiger partial charge in [0.1, 0.15) is 0 Å². The molecule has 1 atom stereocenters. The number of hydrogen-bond donors (Lipinski definition) is 3. The van der Waals surface area contributed by atoms with Crippen molar-refractivity contribution in [3.63, 3.8) is 0 Å². The van der Waals surface area contributed by atoms with Crippen molar-refractivity contribution in [2.24, 2.45) is 0 Å². The molecule has 6 heteroatoms. The Morgan fingerprint density at radius 3 is 2.94 bits per heavy atom. The highest BCUT2D eigenvalue weighted by atomic mass is 16.3. The van der Waals surface area contributed by atoms with E-state index in [-0.39, 0.29) is 30.2 Å². The number of aromatic nitrogens is 2. The molecule has 0 bridgehead atoms. The lowest BCUT2D eigenvalue weighted by atomic mass is 10.1. The van der Waals surface area contributed by atoms with Crippen molar-refractivity contribution < 1.29 is 9.90 Å². The second-order valence-electron chi connectivity index (χ2n) is 5.03. The van der Waals surface area contributed by atoms with Crippen LogP contribution < -0.4 is 5.73 Å². The summed E-state index contributed by atoms with van der Waals surface area (Å²) >= 11 is 0. The minimum atomic E-state index is -0.188. The van der Waals surface area contributed by atoms with Crippen LogP contribution in [0.5, 0.6) is 0 Å². The molecule has 0 aromatic carbocycles. The third-order valence-corrected chi connectivity index (χ3v) is 3.46. The van der Waals surface area contributed by atoms with Crippen LogP contribution in [0.2, 0.25) is 0 Å². The lowest BCUT2D eigenvalue weighted by Gasteiger charge is -2.22. The lowest BCUT2D eigenvalue weighted by Crippen LogP contribution is -2.38. The number of likely N-dealkylation sites (tertiary alicyclic amines) is 1. The van der Waals surface area contributed by atoms with Gasteiger partial charge in [0, 0.05) is 6.54 Å². The molecule has 0 radical (unpaired) electrons. The number of carbonyl (C=O) groups excluding carboxylic acids is 1. The van der Waals surface area contributed by atoms with Gasteiger partial charge in [-0.3, -0.25) is 9.89 Å². The summed E-state index contributed by atoms with van der Waals surface area (Å²) in [4.78, 5) is 14.0. The van der Waals surface area contributed by atoms with Gasteiger partial charge in [0.15, 0.2) is 5.69 Å². The molecule has 0 spiro atoms. The number of amides is 1. The summed E-state index contributed by atoms with van der Waals surface area (Å²) < 4.78 is 0. The van der Waals surface area contributed by atoms with Crippen LogP contribution in [0, 0.1) is 0 Å².